The topological polar surface area (TPSA) is 59.8 Å². The van der Waals surface area contributed by atoms with E-state index in [0.717, 1.165) is 12.8 Å². The van der Waals surface area contributed by atoms with Gasteiger partial charge in [0.2, 0.25) is 5.76 Å². The first kappa shape index (κ1) is 15.5. The largest absolute Gasteiger partial charge is 0.449 e. The van der Waals surface area contributed by atoms with Gasteiger partial charge in [0.1, 0.15) is 11.4 Å². The van der Waals surface area contributed by atoms with Crippen LogP contribution in [0.3, 0.4) is 0 Å². The average molecular weight is 319 g/mol. The van der Waals surface area contributed by atoms with Crippen LogP contribution in [0.1, 0.15) is 35.9 Å². The van der Waals surface area contributed by atoms with Gasteiger partial charge in [0, 0.05) is 24.0 Å². The Morgan fingerprint density at radius 2 is 2.00 bits per heavy atom. The fraction of sp³-hybridized carbons (Fsp3) is 0.412. The summed E-state index contributed by atoms with van der Waals surface area (Å²) in [5.74, 6) is -1.31. The number of hydrogen-bond acceptors (Lipinski definition) is 4. The van der Waals surface area contributed by atoms with Crippen molar-refractivity contribution in [1.29, 1.82) is 0 Å². The molecule has 1 amide bonds. The molecule has 0 N–H and O–H groups in total. The van der Waals surface area contributed by atoms with Gasteiger partial charge in [0.05, 0.1) is 0 Å². The molecule has 2 heterocycles. The molecule has 1 saturated heterocycles. The molecule has 3 rings (SSSR count). The highest BCUT2D eigenvalue weighted by atomic mass is 19.1. The standard InChI is InChI=1S/C17H18FNO4/c1-10-13-9-12(18)5-6-14(13)23-15(10)17(21)22-11(2)16(20)19-7-3-4-8-19/h5-6,9,11H,3-4,7-8H2,1-2H3. The summed E-state index contributed by atoms with van der Waals surface area (Å²) in [6.07, 6.45) is 1.08. The third-order valence-corrected chi connectivity index (χ3v) is 4.13. The van der Waals surface area contributed by atoms with Gasteiger partial charge in [-0.1, -0.05) is 0 Å². The van der Waals surface area contributed by atoms with Crippen LogP contribution in [-0.2, 0) is 9.53 Å². The molecule has 0 bridgehead atoms. The molecular formula is C17H18FNO4. The molecule has 1 aromatic heterocycles. The van der Waals surface area contributed by atoms with Crippen molar-refractivity contribution < 1.29 is 23.1 Å². The molecule has 1 fully saturated rings. The minimum absolute atomic E-state index is 0.00618. The molecule has 5 nitrogen and oxygen atoms in total. The Bertz CT molecular complexity index is 761. The maximum atomic E-state index is 13.3. The molecule has 0 saturated carbocycles. The van der Waals surface area contributed by atoms with E-state index in [-0.39, 0.29) is 11.7 Å². The predicted octanol–water partition coefficient (Wildman–Crippen LogP) is 3.05. The average Bonchev–Trinajstić information content (AvgIpc) is 3.15. The molecule has 122 valence electrons. The lowest BCUT2D eigenvalue weighted by Crippen LogP contribution is -2.38. The smallest absolute Gasteiger partial charge is 0.375 e. The quantitative estimate of drug-likeness (QED) is 0.816. The Kier molecular flexibility index (Phi) is 4.07. The molecule has 0 aliphatic carbocycles. The number of amides is 1. The number of aryl methyl sites for hydroxylation is 1. The van der Waals surface area contributed by atoms with E-state index < -0.39 is 17.9 Å². The molecule has 1 aliphatic heterocycles. The number of carbonyl (C=O) groups is 2. The van der Waals surface area contributed by atoms with Crippen molar-refractivity contribution in [3.05, 3.63) is 35.3 Å². The molecule has 23 heavy (non-hydrogen) atoms. The minimum Gasteiger partial charge on any atom is -0.449 e. The van der Waals surface area contributed by atoms with Crippen LogP contribution in [0.25, 0.3) is 11.0 Å². The number of hydrogen-bond donors (Lipinski definition) is 0. The molecule has 1 aromatic carbocycles. The Morgan fingerprint density at radius 1 is 1.30 bits per heavy atom. The molecular weight excluding hydrogens is 301 g/mol. The summed E-state index contributed by atoms with van der Waals surface area (Å²) < 4.78 is 24.0. The van der Waals surface area contributed by atoms with Gasteiger partial charge in [-0.05, 0) is 44.9 Å². The van der Waals surface area contributed by atoms with E-state index in [9.17, 15) is 14.0 Å². The van der Waals surface area contributed by atoms with Crippen molar-refractivity contribution in [2.45, 2.75) is 32.8 Å². The van der Waals surface area contributed by atoms with Crippen LogP contribution < -0.4 is 0 Å². The van der Waals surface area contributed by atoms with E-state index in [4.69, 9.17) is 9.15 Å². The maximum absolute atomic E-state index is 13.3. The number of carbonyl (C=O) groups excluding carboxylic acids is 2. The van der Waals surface area contributed by atoms with Crippen molar-refractivity contribution >= 4 is 22.8 Å². The number of rotatable bonds is 3. The van der Waals surface area contributed by atoms with Gasteiger partial charge in [0.15, 0.2) is 6.10 Å². The zero-order chi connectivity index (χ0) is 16.6. The van der Waals surface area contributed by atoms with Crippen LogP contribution in [0.5, 0.6) is 0 Å². The SMILES string of the molecule is Cc1c(C(=O)OC(C)C(=O)N2CCCC2)oc2ccc(F)cc12. The van der Waals surface area contributed by atoms with Crippen molar-refractivity contribution in [2.24, 2.45) is 0 Å². The number of halogens is 1. The zero-order valence-corrected chi connectivity index (χ0v) is 13.1. The second-order valence-corrected chi connectivity index (χ2v) is 5.78. The monoisotopic (exact) mass is 319 g/mol. The third-order valence-electron chi connectivity index (χ3n) is 4.13. The number of nitrogens with zero attached hydrogens (tertiary/aromatic N) is 1. The Labute approximate surface area is 133 Å². The molecule has 2 aromatic rings. The first-order chi connectivity index (χ1) is 11.0. The van der Waals surface area contributed by atoms with Gasteiger partial charge < -0.3 is 14.1 Å². The molecule has 1 aliphatic rings. The first-order valence-electron chi connectivity index (χ1n) is 7.66. The minimum atomic E-state index is -0.870. The van der Waals surface area contributed by atoms with Crippen molar-refractivity contribution in [2.75, 3.05) is 13.1 Å². The van der Waals surface area contributed by atoms with E-state index in [1.165, 1.54) is 18.2 Å². The summed E-state index contributed by atoms with van der Waals surface area (Å²) >= 11 is 0. The predicted molar refractivity (Wildman–Crippen MR) is 81.6 cm³/mol. The van der Waals surface area contributed by atoms with Gasteiger partial charge in [-0.15, -0.1) is 0 Å². The Morgan fingerprint density at radius 3 is 2.70 bits per heavy atom. The normalized spacial score (nSPS) is 15.9. The van der Waals surface area contributed by atoms with Crippen molar-refractivity contribution in [1.82, 2.24) is 4.90 Å². The van der Waals surface area contributed by atoms with Crippen LogP contribution >= 0.6 is 0 Å². The highest BCUT2D eigenvalue weighted by molar-refractivity contribution is 5.97. The maximum Gasteiger partial charge on any atom is 0.375 e. The van der Waals surface area contributed by atoms with Crippen LogP contribution in [0.2, 0.25) is 0 Å². The molecule has 0 spiro atoms. The number of fused-ring (bicyclic) bond motifs is 1. The summed E-state index contributed by atoms with van der Waals surface area (Å²) in [5, 5.41) is 0.524. The Hall–Kier alpha value is -2.37. The molecule has 1 unspecified atom stereocenters. The lowest BCUT2D eigenvalue weighted by atomic mass is 10.1. The van der Waals surface area contributed by atoms with Gasteiger partial charge >= 0.3 is 5.97 Å². The van der Waals surface area contributed by atoms with Crippen molar-refractivity contribution in [3.63, 3.8) is 0 Å². The summed E-state index contributed by atoms with van der Waals surface area (Å²) in [6.45, 7) is 4.61. The summed E-state index contributed by atoms with van der Waals surface area (Å²) in [6, 6.07) is 4.04. The second-order valence-electron chi connectivity index (χ2n) is 5.78. The Balaban J connectivity index is 1.77. The summed E-state index contributed by atoms with van der Waals surface area (Å²) in [5.41, 5.74) is 0.916. The van der Waals surface area contributed by atoms with Crippen LogP contribution in [0, 0.1) is 12.7 Å². The molecule has 0 radical (unpaired) electrons. The highest BCUT2D eigenvalue weighted by Crippen LogP contribution is 2.27. The fourth-order valence-corrected chi connectivity index (χ4v) is 2.85. The van der Waals surface area contributed by atoms with E-state index in [0.29, 0.717) is 29.6 Å². The first-order valence-corrected chi connectivity index (χ1v) is 7.66. The number of benzene rings is 1. The summed E-state index contributed by atoms with van der Waals surface area (Å²) in [7, 11) is 0. The molecule has 1 atom stereocenters. The van der Waals surface area contributed by atoms with Gasteiger partial charge in [-0.25, -0.2) is 9.18 Å². The lowest BCUT2D eigenvalue weighted by molar-refractivity contribution is -0.138. The highest BCUT2D eigenvalue weighted by Gasteiger charge is 2.28. The van der Waals surface area contributed by atoms with Gasteiger partial charge in [-0.3, -0.25) is 4.79 Å². The number of esters is 1. The van der Waals surface area contributed by atoms with Gasteiger partial charge in [-0.2, -0.15) is 0 Å². The zero-order valence-electron chi connectivity index (χ0n) is 13.1. The number of furan rings is 1. The van der Waals surface area contributed by atoms with E-state index in [1.54, 1.807) is 18.7 Å². The lowest BCUT2D eigenvalue weighted by Gasteiger charge is -2.20. The van der Waals surface area contributed by atoms with E-state index >= 15 is 0 Å². The summed E-state index contributed by atoms with van der Waals surface area (Å²) in [4.78, 5) is 26.1. The fourth-order valence-electron chi connectivity index (χ4n) is 2.85. The van der Waals surface area contributed by atoms with Crippen molar-refractivity contribution in [3.8, 4) is 0 Å². The van der Waals surface area contributed by atoms with Crippen LogP contribution in [0.4, 0.5) is 4.39 Å². The molecule has 6 heteroatoms. The number of likely N-dealkylation sites (tertiary alicyclic amines) is 1. The van der Waals surface area contributed by atoms with E-state index in [2.05, 4.69) is 0 Å². The van der Waals surface area contributed by atoms with Gasteiger partial charge in [0.25, 0.3) is 5.91 Å². The van der Waals surface area contributed by atoms with E-state index in [1.807, 2.05) is 0 Å². The second kappa shape index (κ2) is 6.02. The number of ether oxygens (including phenoxy) is 1. The van der Waals surface area contributed by atoms with Crippen LogP contribution in [-0.4, -0.2) is 36.0 Å². The van der Waals surface area contributed by atoms with Crippen LogP contribution in [0.15, 0.2) is 22.6 Å². The third kappa shape index (κ3) is 2.93.